The highest BCUT2D eigenvalue weighted by molar-refractivity contribution is 5.93. The van der Waals surface area contributed by atoms with E-state index in [1.54, 1.807) is 4.68 Å². The SMILES string of the molecule is Cc1ccc(C(CNC(=O)c2cc(C3CC3)nn2-c2ccccc2)N2CCOCC2)o1. The van der Waals surface area contributed by atoms with Crippen molar-refractivity contribution in [2.45, 2.75) is 31.7 Å². The molecule has 0 radical (unpaired) electrons. The number of morpholine rings is 1. The van der Waals surface area contributed by atoms with Gasteiger partial charge < -0.3 is 14.5 Å². The van der Waals surface area contributed by atoms with Crippen molar-refractivity contribution in [1.29, 1.82) is 0 Å². The van der Waals surface area contributed by atoms with E-state index in [-0.39, 0.29) is 11.9 Å². The third-order valence-corrected chi connectivity index (χ3v) is 5.99. The highest BCUT2D eigenvalue weighted by Gasteiger charge is 2.30. The molecule has 2 aliphatic rings. The van der Waals surface area contributed by atoms with Crippen molar-refractivity contribution in [2.75, 3.05) is 32.8 Å². The molecule has 0 bridgehead atoms. The number of carbonyl (C=O) groups is 1. The molecule has 2 aromatic heterocycles. The molecule has 3 aromatic rings. The number of amides is 1. The number of ether oxygens (including phenoxy) is 1. The maximum Gasteiger partial charge on any atom is 0.270 e. The van der Waals surface area contributed by atoms with Crippen LogP contribution >= 0.6 is 0 Å². The molecule has 1 saturated heterocycles. The molecule has 1 atom stereocenters. The van der Waals surface area contributed by atoms with Gasteiger partial charge in [0.05, 0.1) is 30.6 Å². The van der Waals surface area contributed by atoms with Gasteiger partial charge in [-0.15, -0.1) is 0 Å². The van der Waals surface area contributed by atoms with Crippen molar-refractivity contribution < 1.29 is 13.9 Å². The molecular weight excluding hydrogens is 392 g/mol. The van der Waals surface area contributed by atoms with Crippen molar-refractivity contribution in [1.82, 2.24) is 20.0 Å². The van der Waals surface area contributed by atoms with Crippen LogP contribution in [0.5, 0.6) is 0 Å². The monoisotopic (exact) mass is 420 g/mol. The number of benzene rings is 1. The lowest BCUT2D eigenvalue weighted by Crippen LogP contribution is -2.43. The van der Waals surface area contributed by atoms with E-state index in [1.807, 2.05) is 55.5 Å². The molecule has 1 aromatic carbocycles. The van der Waals surface area contributed by atoms with Crippen LogP contribution in [0.1, 0.15) is 52.5 Å². The summed E-state index contributed by atoms with van der Waals surface area (Å²) < 4.78 is 13.2. The summed E-state index contributed by atoms with van der Waals surface area (Å²) in [5, 5.41) is 7.90. The Morgan fingerprint density at radius 3 is 2.61 bits per heavy atom. The molecule has 0 spiro atoms. The van der Waals surface area contributed by atoms with Gasteiger partial charge in [0.2, 0.25) is 0 Å². The van der Waals surface area contributed by atoms with Crippen LogP contribution in [0.2, 0.25) is 0 Å². The Morgan fingerprint density at radius 2 is 1.94 bits per heavy atom. The number of rotatable bonds is 7. The molecule has 1 N–H and O–H groups in total. The fraction of sp³-hybridized carbons (Fsp3) is 0.417. The molecule has 1 aliphatic heterocycles. The molecule has 1 unspecified atom stereocenters. The van der Waals surface area contributed by atoms with Crippen LogP contribution in [-0.4, -0.2) is 53.4 Å². The van der Waals surface area contributed by atoms with Gasteiger partial charge in [0.1, 0.15) is 17.2 Å². The van der Waals surface area contributed by atoms with E-state index in [4.69, 9.17) is 14.3 Å². The third-order valence-electron chi connectivity index (χ3n) is 5.99. The summed E-state index contributed by atoms with van der Waals surface area (Å²) >= 11 is 0. The van der Waals surface area contributed by atoms with Gasteiger partial charge in [0, 0.05) is 25.6 Å². The Labute approximate surface area is 182 Å². The fourth-order valence-electron chi connectivity index (χ4n) is 4.12. The normalized spacial score (nSPS) is 18.1. The van der Waals surface area contributed by atoms with Gasteiger partial charge >= 0.3 is 0 Å². The molecule has 31 heavy (non-hydrogen) atoms. The van der Waals surface area contributed by atoms with Crippen molar-refractivity contribution >= 4 is 5.91 Å². The summed E-state index contributed by atoms with van der Waals surface area (Å²) in [6.45, 7) is 5.41. The third kappa shape index (κ3) is 4.43. The summed E-state index contributed by atoms with van der Waals surface area (Å²) in [4.78, 5) is 15.6. The second kappa shape index (κ2) is 8.69. The van der Waals surface area contributed by atoms with Gasteiger partial charge in [0.25, 0.3) is 5.91 Å². The minimum atomic E-state index is -0.121. The maximum absolute atomic E-state index is 13.3. The summed E-state index contributed by atoms with van der Waals surface area (Å²) in [5.41, 5.74) is 2.47. The van der Waals surface area contributed by atoms with Gasteiger partial charge in [-0.05, 0) is 50.1 Å². The number of para-hydroxylation sites is 1. The van der Waals surface area contributed by atoms with E-state index < -0.39 is 0 Å². The van der Waals surface area contributed by atoms with Gasteiger partial charge in [-0.1, -0.05) is 18.2 Å². The number of aryl methyl sites for hydroxylation is 1. The number of carbonyl (C=O) groups excluding carboxylic acids is 1. The minimum absolute atomic E-state index is 0.0300. The summed E-state index contributed by atoms with van der Waals surface area (Å²) in [5.74, 6) is 2.10. The van der Waals surface area contributed by atoms with E-state index in [2.05, 4.69) is 10.2 Å². The Bertz CT molecular complexity index is 1030. The van der Waals surface area contributed by atoms with Crippen LogP contribution in [0.25, 0.3) is 5.69 Å². The molecule has 1 amide bonds. The zero-order valence-electron chi connectivity index (χ0n) is 17.8. The van der Waals surface area contributed by atoms with Gasteiger partial charge in [-0.25, -0.2) is 4.68 Å². The Balaban J connectivity index is 1.37. The van der Waals surface area contributed by atoms with Crippen molar-refractivity contribution in [2.24, 2.45) is 0 Å². The van der Waals surface area contributed by atoms with Crippen LogP contribution < -0.4 is 5.32 Å². The lowest BCUT2D eigenvalue weighted by atomic mass is 10.1. The first-order valence-corrected chi connectivity index (χ1v) is 11.0. The lowest BCUT2D eigenvalue weighted by Gasteiger charge is -2.33. The highest BCUT2D eigenvalue weighted by Crippen LogP contribution is 2.39. The van der Waals surface area contributed by atoms with Crippen molar-refractivity contribution in [3.63, 3.8) is 0 Å². The second-order valence-electron chi connectivity index (χ2n) is 8.30. The number of hydrogen-bond donors (Lipinski definition) is 1. The Kier molecular flexibility index (Phi) is 5.61. The maximum atomic E-state index is 13.3. The van der Waals surface area contributed by atoms with E-state index >= 15 is 0 Å². The number of aromatic nitrogens is 2. The molecule has 5 rings (SSSR count). The summed E-state index contributed by atoms with van der Waals surface area (Å²) in [6, 6.07) is 15.7. The van der Waals surface area contributed by atoms with E-state index in [0.29, 0.717) is 31.4 Å². The van der Waals surface area contributed by atoms with Crippen LogP contribution in [-0.2, 0) is 4.74 Å². The van der Waals surface area contributed by atoms with E-state index in [9.17, 15) is 4.79 Å². The summed E-state index contributed by atoms with van der Waals surface area (Å²) in [6.07, 6.45) is 2.29. The number of hydrogen-bond acceptors (Lipinski definition) is 5. The zero-order chi connectivity index (χ0) is 21.2. The standard InChI is InChI=1S/C24H28N4O3/c1-17-7-10-23(31-17)22(27-11-13-30-14-12-27)16-25-24(29)21-15-20(18-8-9-18)26-28(21)19-5-3-2-4-6-19/h2-7,10,15,18,22H,8-9,11-14,16H2,1H3,(H,25,29). The minimum Gasteiger partial charge on any atom is -0.465 e. The van der Waals surface area contributed by atoms with Crippen molar-refractivity contribution in [3.05, 3.63) is 71.4 Å². The zero-order valence-corrected chi connectivity index (χ0v) is 17.8. The highest BCUT2D eigenvalue weighted by atomic mass is 16.5. The Hall–Kier alpha value is -2.90. The molecule has 1 aliphatic carbocycles. The lowest BCUT2D eigenvalue weighted by molar-refractivity contribution is 0.0116. The van der Waals surface area contributed by atoms with E-state index in [1.165, 1.54) is 0 Å². The van der Waals surface area contributed by atoms with Crippen LogP contribution in [0.3, 0.4) is 0 Å². The smallest absolute Gasteiger partial charge is 0.270 e. The molecule has 1 saturated carbocycles. The molecule has 3 heterocycles. The molecule has 162 valence electrons. The molecule has 7 heteroatoms. The fourth-order valence-corrected chi connectivity index (χ4v) is 4.12. The number of furan rings is 1. The summed E-state index contributed by atoms with van der Waals surface area (Å²) in [7, 11) is 0. The van der Waals surface area contributed by atoms with Gasteiger partial charge in [-0.2, -0.15) is 5.10 Å². The first-order chi connectivity index (χ1) is 15.2. The van der Waals surface area contributed by atoms with Crippen LogP contribution in [0.4, 0.5) is 0 Å². The number of nitrogens with one attached hydrogen (secondary N) is 1. The van der Waals surface area contributed by atoms with Gasteiger partial charge in [-0.3, -0.25) is 9.69 Å². The van der Waals surface area contributed by atoms with Gasteiger partial charge in [0.15, 0.2) is 0 Å². The van der Waals surface area contributed by atoms with Crippen molar-refractivity contribution in [3.8, 4) is 5.69 Å². The Morgan fingerprint density at radius 1 is 1.16 bits per heavy atom. The predicted molar refractivity (Wildman–Crippen MR) is 116 cm³/mol. The molecular formula is C24H28N4O3. The molecule has 7 nitrogen and oxygen atoms in total. The molecule has 2 fully saturated rings. The topological polar surface area (TPSA) is 72.5 Å². The second-order valence-corrected chi connectivity index (χ2v) is 8.30. The first kappa shape index (κ1) is 20.0. The quantitative estimate of drug-likeness (QED) is 0.634. The van der Waals surface area contributed by atoms with Crippen LogP contribution in [0.15, 0.2) is 52.9 Å². The van der Waals surface area contributed by atoms with Crippen LogP contribution in [0, 0.1) is 6.92 Å². The predicted octanol–water partition coefficient (Wildman–Crippen LogP) is 3.45. The number of nitrogens with zero attached hydrogens (tertiary/aromatic N) is 3. The average Bonchev–Trinajstić information content (AvgIpc) is 3.42. The first-order valence-electron chi connectivity index (χ1n) is 11.0. The average molecular weight is 421 g/mol. The van der Waals surface area contributed by atoms with E-state index in [0.717, 1.165) is 48.8 Å². The largest absolute Gasteiger partial charge is 0.465 e.